The number of carbonyl (C=O) groups is 1. The molecule has 3 nitrogen and oxygen atoms in total. The molecule has 84 valence electrons. The highest BCUT2D eigenvalue weighted by Crippen LogP contribution is 2.08. The van der Waals surface area contributed by atoms with Gasteiger partial charge < -0.3 is 5.32 Å². The lowest BCUT2D eigenvalue weighted by Gasteiger charge is -2.11. The van der Waals surface area contributed by atoms with Crippen LogP contribution in [0.3, 0.4) is 0 Å². The molecule has 0 spiro atoms. The molecule has 4 heteroatoms. The van der Waals surface area contributed by atoms with Gasteiger partial charge in [0, 0.05) is 11.2 Å². The maximum Gasteiger partial charge on any atom is 0.270 e. The molecular formula is C12H13ClN2O. The first-order valence-electron chi connectivity index (χ1n) is 5.06. The Morgan fingerprint density at radius 2 is 2.50 bits per heavy atom. The number of terminal acetylenes is 1. The van der Waals surface area contributed by atoms with Gasteiger partial charge in [-0.1, -0.05) is 30.9 Å². The first-order chi connectivity index (χ1) is 7.67. The maximum atomic E-state index is 11.7. The van der Waals surface area contributed by atoms with Crippen molar-refractivity contribution in [3.05, 3.63) is 29.0 Å². The van der Waals surface area contributed by atoms with Crippen molar-refractivity contribution in [2.24, 2.45) is 0 Å². The van der Waals surface area contributed by atoms with Gasteiger partial charge in [0.05, 0.1) is 6.04 Å². The summed E-state index contributed by atoms with van der Waals surface area (Å²) >= 11 is 5.76. The molecule has 0 aliphatic rings. The highest BCUT2D eigenvalue weighted by molar-refractivity contribution is 6.30. The average Bonchev–Trinajstić information content (AvgIpc) is 2.28. The molecule has 0 bridgehead atoms. The predicted octanol–water partition coefficient (Wildman–Crippen LogP) is 2.27. The standard InChI is InChI=1S/C12H13ClN2O/c1-3-5-10(4-2)15-12(16)11-8-9(13)6-7-14-11/h2,6-8,10H,3,5H2,1H3,(H,15,16). The minimum absolute atomic E-state index is 0.252. The van der Waals surface area contributed by atoms with Crippen LogP contribution in [0.2, 0.25) is 5.02 Å². The van der Waals surface area contributed by atoms with E-state index in [-0.39, 0.29) is 17.6 Å². The van der Waals surface area contributed by atoms with Crippen molar-refractivity contribution < 1.29 is 4.79 Å². The SMILES string of the molecule is C#CC(CCC)NC(=O)c1cc(Cl)ccn1. The summed E-state index contributed by atoms with van der Waals surface area (Å²) < 4.78 is 0. The van der Waals surface area contributed by atoms with Crippen LogP contribution in [0.5, 0.6) is 0 Å². The summed E-state index contributed by atoms with van der Waals surface area (Å²) in [7, 11) is 0. The molecule has 16 heavy (non-hydrogen) atoms. The Labute approximate surface area is 100 Å². The van der Waals surface area contributed by atoms with Gasteiger partial charge in [-0.3, -0.25) is 9.78 Å². The van der Waals surface area contributed by atoms with Crippen LogP contribution in [-0.2, 0) is 0 Å². The molecule has 0 saturated heterocycles. The van der Waals surface area contributed by atoms with Crippen molar-refractivity contribution in [1.82, 2.24) is 10.3 Å². The third kappa shape index (κ3) is 3.56. The summed E-state index contributed by atoms with van der Waals surface area (Å²) in [5, 5.41) is 3.19. The first kappa shape index (κ1) is 12.5. The number of carbonyl (C=O) groups excluding carboxylic acids is 1. The minimum atomic E-state index is -0.293. The lowest BCUT2D eigenvalue weighted by molar-refractivity contribution is 0.0939. The lowest BCUT2D eigenvalue weighted by Crippen LogP contribution is -2.34. The smallest absolute Gasteiger partial charge is 0.270 e. The number of hydrogen-bond acceptors (Lipinski definition) is 2. The molecule has 1 aromatic rings. The van der Waals surface area contributed by atoms with Gasteiger partial charge in [0.15, 0.2) is 0 Å². The predicted molar refractivity (Wildman–Crippen MR) is 64.2 cm³/mol. The summed E-state index contributed by atoms with van der Waals surface area (Å²) in [4.78, 5) is 15.6. The van der Waals surface area contributed by atoms with Gasteiger partial charge in [-0.15, -0.1) is 6.42 Å². The molecule has 1 atom stereocenters. The molecule has 1 aromatic heterocycles. The number of rotatable bonds is 4. The summed E-state index contributed by atoms with van der Waals surface area (Å²) in [5.74, 6) is 2.23. The Morgan fingerprint density at radius 1 is 1.75 bits per heavy atom. The zero-order valence-corrected chi connectivity index (χ0v) is 9.79. The summed E-state index contributed by atoms with van der Waals surface area (Å²) in [5.41, 5.74) is 0.281. The van der Waals surface area contributed by atoms with Crippen LogP contribution in [0.25, 0.3) is 0 Å². The minimum Gasteiger partial charge on any atom is -0.337 e. The fraction of sp³-hybridized carbons (Fsp3) is 0.333. The second-order valence-electron chi connectivity index (χ2n) is 3.34. The van der Waals surface area contributed by atoms with E-state index >= 15 is 0 Å². The molecule has 0 saturated carbocycles. The number of aromatic nitrogens is 1. The Morgan fingerprint density at radius 3 is 3.06 bits per heavy atom. The van der Waals surface area contributed by atoms with Crippen molar-refractivity contribution in [3.8, 4) is 12.3 Å². The normalized spacial score (nSPS) is 11.6. The monoisotopic (exact) mass is 236 g/mol. The Bertz CT molecular complexity index is 412. The third-order valence-electron chi connectivity index (χ3n) is 2.04. The van der Waals surface area contributed by atoms with Gasteiger partial charge in [0.25, 0.3) is 5.91 Å². The lowest BCUT2D eigenvalue weighted by atomic mass is 10.2. The Balaban J connectivity index is 2.69. The zero-order valence-electron chi connectivity index (χ0n) is 9.03. The number of hydrogen-bond donors (Lipinski definition) is 1. The number of amides is 1. The molecule has 1 unspecified atom stereocenters. The van der Waals surface area contributed by atoms with Crippen LogP contribution in [-0.4, -0.2) is 16.9 Å². The van der Waals surface area contributed by atoms with Crippen molar-refractivity contribution in [3.63, 3.8) is 0 Å². The Kier molecular flexibility index (Phi) is 4.81. The van der Waals surface area contributed by atoms with E-state index in [9.17, 15) is 4.79 Å². The number of nitrogens with one attached hydrogen (secondary N) is 1. The first-order valence-corrected chi connectivity index (χ1v) is 5.43. The zero-order chi connectivity index (χ0) is 12.0. The van der Waals surface area contributed by atoms with Crippen molar-refractivity contribution >= 4 is 17.5 Å². The van der Waals surface area contributed by atoms with Gasteiger partial charge in [-0.05, 0) is 18.6 Å². The van der Waals surface area contributed by atoms with Crippen LogP contribution in [0.1, 0.15) is 30.3 Å². The van der Waals surface area contributed by atoms with Crippen LogP contribution in [0.4, 0.5) is 0 Å². The van der Waals surface area contributed by atoms with Crippen LogP contribution >= 0.6 is 11.6 Å². The van der Waals surface area contributed by atoms with E-state index < -0.39 is 0 Å². The van der Waals surface area contributed by atoms with Crippen LogP contribution in [0.15, 0.2) is 18.3 Å². The fourth-order valence-corrected chi connectivity index (χ4v) is 1.41. The van der Waals surface area contributed by atoms with Crippen molar-refractivity contribution in [2.45, 2.75) is 25.8 Å². The van der Waals surface area contributed by atoms with Gasteiger partial charge in [-0.25, -0.2) is 0 Å². The molecular weight excluding hydrogens is 224 g/mol. The molecule has 0 aromatic carbocycles. The van der Waals surface area contributed by atoms with E-state index in [2.05, 4.69) is 16.2 Å². The molecule has 1 N–H and O–H groups in total. The highest BCUT2D eigenvalue weighted by Gasteiger charge is 2.11. The summed E-state index contributed by atoms with van der Waals surface area (Å²) in [6.45, 7) is 2.01. The van der Waals surface area contributed by atoms with Crippen LogP contribution in [0, 0.1) is 12.3 Å². The van der Waals surface area contributed by atoms with Crippen LogP contribution < -0.4 is 5.32 Å². The highest BCUT2D eigenvalue weighted by atomic mass is 35.5. The van der Waals surface area contributed by atoms with E-state index in [4.69, 9.17) is 18.0 Å². The molecule has 0 aliphatic heterocycles. The molecule has 0 radical (unpaired) electrons. The maximum absolute atomic E-state index is 11.7. The Hall–Kier alpha value is -1.53. The molecule has 0 aliphatic carbocycles. The number of pyridine rings is 1. The van der Waals surface area contributed by atoms with E-state index in [1.807, 2.05) is 6.92 Å². The van der Waals surface area contributed by atoms with Crippen molar-refractivity contribution in [1.29, 1.82) is 0 Å². The summed E-state index contributed by atoms with van der Waals surface area (Å²) in [6.07, 6.45) is 8.46. The third-order valence-corrected chi connectivity index (χ3v) is 2.27. The van der Waals surface area contributed by atoms with Gasteiger partial charge in [0.1, 0.15) is 5.69 Å². The topological polar surface area (TPSA) is 42.0 Å². The average molecular weight is 237 g/mol. The number of nitrogens with zero attached hydrogens (tertiary/aromatic N) is 1. The molecule has 1 heterocycles. The second kappa shape index (κ2) is 6.14. The second-order valence-corrected chi connectivity index (χ2v) is 3.78. The fourth-order valence-electron chi connectivity index (χ4n) is 1.25. The summed E-state index contributed by atoms with van der Waals surface area (Å²) in [6, 6.07) is 2.87. The molecule has 1 rings (SSSR count). The quantitative estimate of drug-likeness (QED) is 0.815. The van der Waals surface area contributed by atoms with Gasteiger partial charge in [-0.2, -0.15) is 0 Å². The van der Waals surface area contributed by atoms with E-state index in [0.29, 0.717) is 5.02 Å². The van der Waals surface area contributed by atoms with E-state index in [1.165, 1.54) is 12.3 Å². The van der Waals surface area contributed by atoms with Crippen molar-refractivity contribution in [2.75, 3.05) is 0 Å². The van der Waals surface area contributed by atoms with E-state index in [0.717, 1.165) is 12.8 Å². The van der Waals surface area contributed by atoms with Gasteiger partial charge >= 0.3 is 0 Å². The van der Waals surface area contributed by atoms with E-state index in [1.54, 1.807) is 6.07 Å². The molecule has 1 amide bonds. The molecule has 0 fully saturated rings. The number of halogens is 1. The van der Waals surface area contributed by atoms with Gasteiger partial charge in [0.2, 0.25) is 0 Å². The largest absolute Gasteiger partial charge is 0.337 e.